The van der Waals surface area contributed by atoms with Gasteiger partial charge in [0.2, 0.25) is 0 Å². The summed E-state index contributed by atoms with van der Waals surface area (Å²) in [6.07, 6.45) is 3.26. The number of benzene rings is 1. The number of carbonyl (C=O) groups excluding carboxylic acids is 1. The fourth-order valence-corrected chi connectivity index (χ4v) is 3.86. The van der Waals surface area contributed by atoms with Crippen LogP contribution < -0.4 is 5.32 Å². The van der Waals surface area contributed by atoms with Gasteiger partial charge in [0.25, 0.3) is 5.91 Å². The SMILES string of the molecule is Cc1cc(CSc2ncccc2C(=O)NCCCc2nc3ccccc3[nH]2)no1. The second-order valence-electron chi connectivity index (χ2n) is 6.63. The number of amides is 1. The van der Waals surface area contributed by atoms with E-state index in [1.165, 1.54) is 11.8 Å². The number of carbonyl (C=O) groups is 1. The number of fused-ring (bicyclic) bond motifs is 1. The summed E-state index contributed by atoms with van der Waals surface area (Å²) in [5.41, 5.74) is 3.40. The number of hydrogen-bond acceptors (Lipinski definition) is 6. The highest BCUT2D eigenvalue weighted by atomic mass is 32.2. The molecule has 3 heterocycles. The first-order valence-electron chi connectivity index (χ1n) is 9.41. The zero-order valence-corrected chi connectivity index (χ0v) is 16.8. The summed E-state index contributed by atoms with van der Waals surface area (Å²) in [4.78, 5) is 24.8. The van der Waals surface area contributed by atoms with Crippen molar-refractivity contribution in [3.8, 4) is 0 Å². The third-order valence-corrected chi connectivity index (χ3v) is 5.40. The molecule has 4 rings (SSSR count). The van der Waals surface area contributed by atoms with Crippen molar-refractivity contribution < 1.29 is 9.32 Å². The summed E-state index contributed by atoms with van der Waals surface area (Å²) in [6, 6.07) is 13.4. The van der Waals surface area contributed by atoms with E-state index >= 15 is 0 Å². The predicted octanol–water partition coefficient (Wildman–Crippen LogP) is 3.91. The Hall–Kier alpha value is -3.13. The number of H-pyrrole nitrogens is 1. The van der Waals surface area contributed by atoms with Crippen molar-refractivity contribution >= 4 is 28.7 Å². The molecule has 0 fully saturated rings. The maximum absolute atomic E-state index is 12.6. The molecule has 3 aromatic heterocycles. The first kappa shape index (κ1) is 19.2. The van der Waals surface area contributed by atoms with Gasteiger partial charge in [-0.3, -0.25) is 4.79 Å². The summed E-state index contributed by atoms with van der Waals surface area (Å²) in [5.74, 6) is 2.17. The molecule has 1 amide bonds. The fraction of sp³-hybridized carbons (Fsp3) is 0.238. The highest BCUT2D eigenvalue weighted by Gasteiger charge is 2.13. The van der Waals surface area contributed by atoms with E-state index < -0.39 is 0 Å². The van der Waals surface area contributed by atoms with Gasteiger partial charge in [-0.15, -0.1) is 0 Å². The number of aromatic amines is 1. The molecule has 0 aliphatic heterocycles. The van der Waals surface area contributed by atoms with Crippen LogP contribution in [-0.2, 0) is 12.2 Å². The highest BCUT2D eigenvalue weighted by Crippen LogP contribution is 2.24. The number of imidazole rings is 1. The normalized spacial score (nSPS) is 11.1. The minimum atomic E-state index is -0.124. The quantitative estimate of drug-likeness (QED) is 0.340. The van der Waals surface area contributed by atoms with Gasteiger partial charge in [-0.25, -0.2) is 9.97 Å². The number of thioether (sulfide) groups is 1. The lowest BCUT2D eigenvalue weighted by Crippen LogP contribution is -2.25. The Balaban J connectivity index is 1.30. The van der Waals surface area contributed by atoms with Crippen molar-refractivity contribution in [1.29, 1.82) is 0 Å². The summed E-state index contributed by atoms with van der Waals surface area (Å²) in [5, 5.41) is 7.64. The second-order valence-corrected chi connectivity index (χ2v) is 7.60. The van der Waals surface area contributed by atoms with Crippen LogP contribution in [0, 0.1) is 6.92 Å². The molecule has 7 nitrogen and oxygen atoms in total. The largest absolute Gasteiger partial charge is 0.361 e. The Morgan fingerprint density at radius 3 is 2.97 bits per heavy atom. The van der Waals surface area contributed by atoms with Crippen molar-refractivity contribution in [1.82, 2.24) is 25.4 Å². The number of aryl methyl sites for hydroxylation is 2. The van der Waals surface area contributed by atoms with Gasteiger partial charge < -0.3 is 14.8 Å². The molecule has 0 radical (unpaired) electrons. The van der Waals surface area contributed by atoms with Gasteiger partial charge in [-0.05, 0) is 37.6 Å². The monoisotopic (exact) mass is 407 g/mol. The Kier molecular flexibility index (Phi) is 5.90. The first-order chi connectivity index (χ1) is 14.2. The lowest BCUT2D eigenvalue weighted by molar-refractivity contribution is 0.0949. The maximum Gasteiger partial charge on any atom is 0.254 e. The first-order valence-corrected chi connectivity index (χ1v) is 10.4. The third-order valence-electron chi connectivity index (χ3n) is 4.36. The molecule has 4 aromatic rings. The Labute approximate surface area is 172 Å². The van der Waals surface area contributed by atoms with Crippen LogP contribution in [0.2, 0.25) is 0 Å². The molecule has 0 saturated heterocycles. The molecule has 0 spiro atoms. The summed E-state index contributed by atoms with van der Waals surface area (Å²) >= 11 is 1.47. The van der Waals surface area contributed by atoms with E-state index in [2.05, 4.69) is 25.4 Å². The Morgan fingerprint density at radius 1 is 1.24 bits per heavy atom. The lowest BCUT2D eigenvalue weighted by atomic mass is 10.2. The molecule has 0 aliphatic rings. The van der Waals surface area contributed by atoms with Gasteiger partial charge in [0.1, 0.15) is 16.6 Å². The van der Waals surface area contributed by atoms with Crippen LogP contribution in [0.3, 0.4) is 0 Å². The lowest BCUT2D eigenvalue weighted by Gasteiger charge is -2.08. The highest BCUT2D eigenvalue weighted by molar-refractivity contribution is 7.98. The van der Waals surface area contributed by atoms with Crippen molar-refractivity contribution in [2.24, 2.45) is 0 Å². The topological polar surface area (TPSA) is 96.7 Å². The average Bonchev–Trinajstić information content (AvgIpc) is 3.35. The fourth-order valence-electron chi connectivity index (χ4n) is 2.98. The number of hydrogen-bond donors (Lipinski definition) is 2. The summed E-state index contributed by atoms with van der Waals surface area (Å²) in [7, 11) is 0. The van der Waals surface area contributed by atoms with E-state index in [0.717, 1.165) is 41.2 Å². The smallest absolute Gasteiger partial charge is 0.254 e. The molecule has 0 aliphatic carbocycles. The van der Waals surface area contributed by atoms with Crippen LogP contribution in [0.15, 0.2) is 58.2 Å². The van der Waals surface area contributed by atoms with Crippen LogP contribution in [-0.4, -0.2) is 32.6 Å². The number of nitrogens with one attached hydrogen (secondary N) is 2. The van der Waals surface area contributed by atoms with Crippen LogP contribution in [0.25, 0.3) is 11.0 Å². The van der Waals surface area contributed by atoms with Gasteiger partial charge in [-0.2, -0.15) is 0 Å². The van der Waals surface area contributed by atoms with Gasteiger partial charge in [0.05, 0.1) is 22.3 Å². The molecule has 0 unspecified atom stereocenters. The maximum atomic E-state index is 12.6. The van der Waals surface area contributed by atoms with Gasteiger partial charge in [0, 0.05) is 31.0 Å². The average molecular weight is 407 g/mol. The van der Waals surface area contributed by atoms with Crippen molar-refractivity contribution in [2.75, 3.05) is 6.54 Å². The molecule has 1 aromatic carbocycles. The van der Waals surface area contributed by atoms with Crippen LogP contribution in [0.1, 0.15) is 34.1 Å². The van der Waals surface area contributed by atoms with E-state index in [1.54, 1.807) is 18.3 Å². The molecular formula is C21H21N5O2S. The zero-order valence-electron chi connectivity index (χ0n) is 16.0. The number of pyridine rings is 1. The number of para-hydroxylation sites is 2. The Bertz CT molecular complexity index is 1090. The van der Waals surface area contributed by atoms with Gasteiger partial charge in [-0.1, -0.05) is 29.1 Å². The van der Waals surface area contributed by atoms with E-state index in [0.29, 0.717) is 22.9 Å². The van der Waals surface area contributed by atoms with E-state index in [1.807, 2.05) is 37.3 Å². The molecule has 8 heteroatoms. The molecule has 2 N–H and O–H groups in total. The van der Waals surface area contributed by atoms with Gasteiger partial charge >= 0.3 is 0 Å². The molecule has 29 heavy (non-hydrogen) atoms. The zero-order chi connectivity index (χ0) is 20.1. The van der Waals surface area contributed by atoms with E-state index in [4.69, 9.17) is 4.52 Å². The van der Waals surface area contributed by atoms with E-state index in [9.17, 15) is 4.79 Å². The minimum absolute atomic E-state index is 0.124. The predicted molar refractivity (Wildman–Crippen MR) is 112 cm³/mol. The number of rotatable bonds is 8. The van der Waals surface area contributed by atoms with Crippen LogP contribution >= 0.6 is 11.8 Å². The van der Waals surface area contributed by atoms with Crippen LogP contribution in [0.5, 0.6) is 0 Å². The van der Waals surface area contributed by atoms with Crippen molar-refractivity contribution in [3.63, 3.8) is 0 Å². The number of aromatic nitrogens is 4. The van der Waals surface area contributed by atoms with E-state index in [-0.39, 0.29) is 5.91 Å². The van der Waals surface area contributed by atoms with Gasteiger partial charge in [0.15, 0.2) is 0 Å². The molecule has 0 atom stereocenters. The summed E-state index contributed by atoms with van der Waals surface area (Å²) in [6.45, 7) is 2.42. The summed E-state index contributed by atoms with van der Waals surface area (Å²) < 4.78 is 5.08. The standard InChI is InChI=1S/C21H21N5O2S/c1-14-12-15(26-28-14)13-29-21-16(6-4-11-23-21)20(27)22-10-5-9-19-24-17-7-2-3-8-18(17)25-19/h2-4,6-8,11-12H,5,9-10,13H2,1H3,(H,22,27)(H,24,25). The minimum Gasteiger partial charge on any atom is -0.361 e. The second kappa shape index (κ2) is 8.91. The Morgan fingerprint density at radius 2 is 2.14 bits per heavy atom. The number of nitrogens with zero attached hydrogens (tertiary/aromatic N) is 3. The third kappa shape index (κ3) is 4.83. The van der Waals surface area contributed by atoms with Crippen LogP contribution in [0.4, 0.5) is 0 Å². The van der Waals surface area contributed by atoms with Crippen molar-refractivity contribution in [3.05, 3.63) is 71.5 Å². The molecular weight excluding hydrogens is 386 g/mol. The van der Waals surface area contributed by atoms with Crippen molar-refractivity contribution in [2.45, 2.75) is 30.5 Å². The molecule has 0 bridgehead atoms. The molecule has 148 valence electrons. The molecule has 0 saturated carbocycles.